The number of phenols is 1. The third kappa shape index (κ3) is 4.20. The lowest BCUT2D eigenvalue weighted by atomic mass is 10.0. The average molecular weight is 433 g/mol. The number of nitrogens with one attached hydrogen (secondary N) is 1. The van der Waals surface area contributed by atoms with Crippen LogP contribution in [0, 0.1) is 23.3 Å². The maximum Gasteiger partial charge on any atom is 0.343 e. The molecule has 0 fully saturated rings. The third-order valence-corrected chi connectivity index (χ3v) is 4.36. The molecule has 0 aliphatic carbocycles. The number of anilines is 1. The maximum absolute atomic E-state index is 14.1. The second kappa shape index (κ2) is 8.86. The monoisotopic (exact) mass is 433 g/mol. The van der Waals surface area contributed by atoms with Gasteiger partial charge in [0.25, 0.3) is 0 Å². The molecule has 9 heteroatoms. The van der Waals surface area contributed by atoms with Crippen molar-refractivity contribution in [3.05, 3.63) is 83.1 Å². The minimum absolute atomic E-state index is 0.115. The van der Waals surface area contributed by atoms with Crippen molar-refractivity contribution in [2.75, 3.05) is 11.9 Å². The summed E-state index contributed by atoms with van der Waals surface area (Å²) in [6, 6.07) is 10.0. The van der Waals surface area contributed by atoms with E-state index in [9.17, 15) is 32.3 Å². The molecule has 0 saturated carbocycles. The van der Waals surface area contributed by atoms with Crippen molar-refractivity contribution < 1.29 is 37.0 Å². The summed E-state index contributed by atoms with van der Waals surface area (Å²) >= 11 is 0. The van der Waals surface area contributed by atoms with Gasteiger partial charge in [0.2, 0.25) is 5.78 Å². The smallest absolute Gasteiger partial charge is 0.343 e. The normalized spacial score (nSPS) is 11.5. The van der Waals surface area contributed by atoms with Crippen molar-refractivity contribution in [1.29, 1.82) is 0 Å². The van der Waals surface area contributed by atoms with Gasteiger partial charge in [0.15, 0.2) is 23.3 Å². The van der Waals surface area contributed by atoms with Gasteiger partial charge < -0.3 is 15.2 Å². The molecule has 3 aromatic carbocycles. The highest BCUT2D eigenvalue weighted by molar-refractivity contribution is 6.24. The minimum atomic E-state index is -2.19. The Balaban J connectivity index is 2.09. The number of hydrogen-bond donors (Lipinski definition) is 2. The second-order valence-corrected chi connectivity index (χ2v) is 6.28. The molecule has 0 aliphatic rings. The average Bonchev–Trinajstić information content (AvgIpc) is 2.76. The molecule has 0 bridgehead atoms. The Kier molecular flexibility index (Phi) is 6.24. The number of esters is 1. The van der Waals surface area contributed by atoms with Gasteiger partial charge in [-0.3, -0.25) is 4.79 Å². The summed E-state index contributed by atoms with van der Waals surface area (Å²) in [5.74, 6) is -10.9. The van der Waals surface area contributed by atoms with Crippen LogP contribution >= 0.6 is 0 Å². The molecule has 5 nitrogen and oxygen atoms in total. The Morgan fingerprint density at radius 2 is 1.74 bits per heavy atom. The van der Waals surface area contributed by atoms with Gasteiger partial charge in [-0.15, -0.1) is 0 Å². The van der Waals surface area contributed by atoms with Crippen LogP contribution in [0.4, 0.5) is 23.2 Å². The highest BCUT2D eigenvalue weighted by Crippen LogP contribution is 2.32. The van der Waals surface area contributed by atoms with Gasteiger partial charge in [0.05, 0.1) is 17.9 Å². The van der Waals surface area contributed by atoms with Gasteiger partial charge in [-0.25, -0.2) is 22.4 Å². The van der Waals surface area contributed by atoms with Crippen LogP contribution in [0.25, 0.3) is 10.8 Å². The lowest BCUT2D eigenvalue weighted by Crippen LogP contribution is -2.19. The van der Waals surface area contributed by atoms with E-state index in [-0.39, 0.29) is 24.1 Å². The van der Waals surface area contributed by atoms with E-state index in [0.717, 1.165) is 6.20 Å². The number of carbonyl (C=O) groups is 2. The van der Waals surface area contributed by atoms with Crippen LogP contribution in [0.2, 0.25) is 0 Å². The highest BCUT2D eigenvalue weighted by Gasteiger charge is 2.28. The second-order valence-electron chi connectivity index (χ2n) is 6.28. The molecular formula is C22H15F4NO4. The zero-order chi connectivity index (χ0) is 22.7. The molecule has 31 heavy (non-hydrogen) atoms. The van der Waals surface area contributed by atoms with Crippen LogP contribution in [-0.4, -0.2) is 23.5 Å². The Morgan fingerprint density at radius 1 is 1.03 bits per heavy atom. The van der Waals surface area contributed by atoms with Crippen molar-refractivity contribution in [3.8, 4) is 5.75 Å². The SMILES string of the molecule is CCOC(=O)/C(=C/Nc1c(O)ccc2ccccc12)C(=O)c1cc(F)c(F)c(F)c1F. The quantitative estimate of drug-likeness (QED) is 0.0670. The van der Waals surface area contributed by atoms with Crippen molar-refractivity contribution in [3.63, 3.8) is 0 Å². The molecule has 0 spiro atoms. The van der Waals surface area contributed by atoms with Crippen LogP contribution in [0.5, 0.6) is 5.75 Å². The molecule has 3 aromatic rings. The van der Waals surface area contributed by atoms with Crippen LogP contribution in [-0.2, 0) is 9.53 Å². The van der Waals surface area contributed by atoms with Gasteiger partial charge in [0.1, 0.15) is 11.3 Å². The Morgan fingerprint density at radius 3 is 2.45 bits per heavy atom. The third-order valence-electron chi connectivity index (χ3n) is 4.36. The largest absolute Gasteiger partial charge is 0.506 e. The number of carbonyl (C=O) groups excluding carboxylic acids is 2. The van der Waals surface area contributed by atoms with Crippen LogP contribution in [0.3, 0.4) is 0 Å². The number of ether oxygens (including phenoxy) is 1. The van der Waals surface area contributed by atoms with Crippen molar-refractivity contribution >= 4 is 28.2 Å². The van der Waals surface area contributed by atoms with E-state index >= 15 is 0 Å². The molecule has 160 valence electrons. The molecule has 0 saturated heterocycles. The number of hydrogen-bond acceptors (Lipinski definition) is 5. The summed E-state index contributed by atoms with van der Waals surface area (Å²) in [5.41, 5.74) is -1.90. The Hall–Kier alpha value is -3.88. The van der Waals surface area contributed by atoms with Crippen LogP contribution in [0.1, 0.15) is 17.3 Å². The molecule has 3 rings (SSSR count). The number of halogens is 4. The number of ketones is 1. The molecule has 0 atom stereocenters. The number of phenolic OH excluding ortho intramolecular Hbond substituents is 1. The predicted octanol–water partition coefficient (Wildman–Crippen LogP) is 4.84. The fraction of sp³-hybridized carbons (Fsp3) is 0.0909. The fourth-order valence-corrected chi connectivity index (χ4v) is 2.87. The lowest BCUT2D eigenvalue weighted by molar-refractivity contribution is -0.138. The zero-order valence-electron chi connectivity index (χ0n) is 16.0. The first-order valence-electron chi connectivity index (χ1n) is 8.98. The summed E-state index contributed by atoms with van der Waals surface area (Å²) in [4.78, 5) is 25.0. The lowest BCUT2D eigenvalue weighted by Gasteiger charge is -2.12. The van der Waals surface area contributed by atoms with E-state index < -0.39 is 46.2 Å². The van der Waals surface area contributed by atoms with Crippen molar-refractivity contribution in [1.82, 2.24) is 0 Å². The van der Waals surface area contributed by atoms with Crippen molar-refractivity contribution in [2.45, 2.75) is 6.92 Å². The standard InChI is InChI=1S/C22H15F4NO4/c1-2-31-22(30)14(21(29)13-9-15(23)18(25)19(26)17(13)24)10-27-20-12-6-4-3-5-11(12)7-8-16(20)28/h3-10,27-28H,2H2,1H3/b14-10+. The molecule has 0 aromatic heterocycles. The van der Waals surface area contributed by atoms with E-state index in [0.29, 0.717) is 10.8 Å². The van der Waals surface area contributed by atoms with Gasteiger partial charge in [-0.2, -0.15) is 0 Å². The first-order chi connectivity index (χ1) is 14.8. The first-order valence-corrected chi connectivity index (χ1v) is 8.98. The summed E-state index contributed by atoms with van der Waals surface area (Å²) in [7, 11) is 0. The number of aromatic hydroxyl groups is 1. The van der Waals surface area contributed by atoms with Gasteiger partial charge >= 0.3 is 5.97 Å². The topological polar surface area (TPSA) is 75.6 Å². The summed E-state index contributed by atoms with van der Waals surface area (Å²) in [6.07, 6.45) is 0.820. The Bertz CT molecular complexity index is 1220. The summed E-state index contributed by atoms with van der Waals surface area (Å²) in [6.45, 7) is 1.29. The van der Waals surface area contributed by atoms with E-state index in [1.807, 2.05) is 0 Å². The zero-order valence-corrected chi connectivity index (χ0v) is 16.0. The maximum atomic E-state index is 14.1. The summed E-state index contributed by atoms with van der Waals surface area (Å²) < 4.78 is 59.2. The number of Topliss-reactive ketones (excluding diaryl/α,β-unsaturated/α-hetero) is 1. The summed E-state index contributed by atoms with van der Waals surface area (Å²) in [5, 5.41) is 14.0. The molecular weight excluding hydrogens is 418 g/mol. The van der Waals surface area contributed by atoms with Crippen molar-refractivity contribution in [2.24, 2.45) is 0 Å². The molecule has 0 aliphatic heterocycles. The minimum Gasteiger partial charge on any atom is -0.506 e. The van der Waals surface area contributed by atoms with Gasteiger partial charge in [-0.05, 0) is 24.4 Å². The van der Waals surface area contributed by atoms with E-state index in [4.69, 9.17) is 4.74 Å². The van der Waals surface area contributed by atoms with Crippen LogP contribution in [0.15, 0.2) is 54.2 Å². The van der Waals surface area contributed by atoms with E-state index in [1.165, 1.54) is 13.0 Å². The molecule has 0 unspecified atom stereocenters. The number of fused-ring (bicyclic) bond motifs is 1. The first kappa shape index (κ1) is 21.8. The number of rotatable bonds is 6. The number of benzene rings is 3. The van der Waals surface area contributed by atoms with Gasteiger partial charge in [0, 0.05) is 11.6 Å². The van der Waals surface area contributed by atoms with E-state index in [2.05, 4.69) is 5.32 Å². The highest BCUT2D eigenvalue weighted by atomic mass is 19.2. The van der Waals surface area contributed by atoms with Crippen LogP contribution < -0.4 is 5.32 Å². The predicted molar refractivity (Wildman–Crippen MR) is 105 cm³/mol. The van der Waals surface area contributed by atoms with Gasteiger partial charge in [-0.1, -0.05) is 30.3 Å². The molecule has 0 amide bonds. The molecule has 2 N–H and O–H groups in total. The molecule has 0 radical (unpaired) electrons. The Labute approximate surface area is 173 Å². The molecule has 0 heterocycles. The van der Waals surface area contributed by atoms with E-state index in [1.54, 1.807) is 30.3 Å². The fourth-order valence-electron chi connectivity index (χ4n) is 2.87.